The minimum Gasteiger partial charge on any atom is -0.491 e. The average molecular weight is 287 g/mol. The Morgan fingerprint density at radius 1 is 1.44 bits per heavy atom. The maximum absolute atomic E-state index is 5.96. The van der Waals surface area contributed by atoms with E-state index in [-0.39, 0.29) is 5.54 Å². The van der Waals surface area contributed by atoms with Crippen LogP contribution in [0.2, 0.25) is 5.02 Å². The number of nitrogens with zero attached hydrogens (tertiary/aromatic N) is 1. The number of hydrogen-bond donors (Lipinski definition) is 1. The number of nitrogens with two attached hydrogens (primary N) is 1. The van der Waals surface area contributed by atoms with Crippen LogP contribution in [-0.4, -0.2) is 36.1 Å². The van der Waals surface area contributed by atoms with Crippen LogP contribution in [0.4, 0.5) is 0 Å². The smallest absolute Gasteiger partial charge is 0.131 e. The number of hydrogen-bond acceptors (Lipinski definition) is 3. The van der Waals surface area contributed by atoms with Gasteiger partial charge < -0.3 is 15.4 Å². The maximum Gasteiger partial charge on any atom is 0.131 e. The number of thiocarbonyl (C=S) groups is 1. The summed E-state index contributed by atoms with van der Waals surface area (Å²) in [5, 5.41) is 0.604. The van der Waals surface area contributed by atoms with Crippen LogP contribution in [0.1, 0.15) is 19.4 Å². The van der Waals surface area contributed by atoms with Crippen LogP contribution < -0.4 is 10.5 Å². The molecule has 0 amide bonds. The highest BCUT2D eigenvalue weighted by molar-refractivity contribution is 7.80. The Balaban J connectivity index is 2.90. The van der Waals surface area contributed by atoms with Crippen molar-refractivity contribution in [2.45, 2.75) is 19.4 Å². The van der Waals surface area contributed by atoms with Crippen molar-refractivity contribution in [3.05, 3.63) is 28.8 Å². The second kappa shape index (κ2) is 5.87. The maximum atomic E-state index is 5.96. The predicted molar refractivity (Wildman–Crippen MR) is 80.6 cm³/mol. The molecule has 0 aliphatic rings. The summed E-state index contributed by atoms with van der Waals surface area (Å²) >= 11 is 11.0. The van der Waals surface area contributed by atoms with Gasteiger partial charge in [-0.15, -0.1) is 0 Å². The molecule has 0 saturated heterocycles. The zero-order valence-electron chi connectivity index (χ0n) is 11.2. The molecular formula is C13H19ClN2OS. The van der Waals surface area contributed by atoms with Crippen molar-refractivity contribution in [3.63, 3.8) is 0 Å². The molecule has 0 atom stereocenters. The first-order valence-electron chi connectivity index (χ1n) is 5.63. The molecule has 0 bridgehead atoms. The lowest BCUT2D eigenvalue weighted by Crippen LogP contribution is -2.43. The molecule has 2 N–H and O–H groups in total. The molecule has 0 heterocycles. The molecule has 100 valence electrons. The zero-order valence-corrected chi connectivity index (χ0v) is 12.7. The van der Waals surface area contributed by atoms with Gasteiger partial charge in [0.1, 0.15) is 17.3 Å². The van der Waals surface area contributed by atoms with Crippen LogP contribution in [0, 0.1) is 0 Å². The molecule has 3 nitrogen and oxygen atoms in total. The zero-order chi connectivity index (χ0) is 13.9. The van der Waals surface area contributed by atoms with E-state index in [2.05, 4.69) is 18.7 Å². The fraction of sp³-hybridized carbons (Fsp3) is 0.462. The summed E-state index contributed by atoms with van der Waals surface area (Å²) in [6, 6.07) is 5.27. The molecule has 0 aromatic heterocycles. The minimum absolute atomic E-state index is 0.0875. The van der Waals surface area contributed by atoms with Crippen molar-refractivity contribution < 1.29 is 4.74 Å². The van der Waals surface area contributed by atoms with Crippen molar-refractivity contribution in [2.75, 3.05) is 20.7 Å². The summed E-state index contributed by atoms with van der Waals surface area (Å²) in [5.74, 6) is 0.630. The highest BCUT2D eigenvalue weighted by atomic mass is 35.5. The van der Waals surface area contributed by atoms with Crippen LogP contribution in [0.3, 0.4) is 0 Å². The number of benzene rings is 1. The SMILES string of the molecule is CN(C)C(C)(C)COc1cc(Cl)ccc1C(N)=S. The Hall–Kier alpha value is -0.840. The summed E-state index contributed by atoms with van der Waals surface area (Å²) in [7, 11) is 4.02. The normalized spacial score (nSPS) is 11.7. The molecule has 1 rings (SSSR count). The molecule has 0 radical (unpaired) electrons. The van der Waals surface area contributed by atoms with E-state index in [0.29, 0.717) is 27.9 Å². The second-order valence-corrected chi connectivity index (χ2v) is 5.88. The van der Waals surface area contributed by atoms with Gasteiger partial charge in [-0.2, -0.15) is 0 Å². The van der Waals surface area contributed by atoms with Gasteiger partial charge >= 0.3 is 0 Å². The van der Waals surface area contributed by atoms with Crippen molar-refractivity contribution in [2.24, 2.45) is 5.73 Å². The number of ether oxygens (including phenoxy) is 1. The quantitative estimate of drug-likeness (QED) is 0.845. The molecule has 0 saturated carbocycles. The van der Waals surface area contributed by atoms with E-state index < -0.39 is 0 Å². The Kier molecular flexibility index (Phi) is 4.96. The summed E-state index contributed by atoms with van der Waals surface area (Å²) in [6.07, 6.45) is 0. The van der Waals surface area contributed by atoms with Gasteiger partial charge in [0.05, 0.1) is 5.56 Å². The van der Waals surface area contributed by atoms with Gasteiger partial charge in [0.15, 0.2) is 0 Å². The Labute approximate surface area is 119 Å². The lowest BCUT2D eigenvalue weighted by Gasteiger charge is -2.32. The van der Waals surface area contributed by atoms with Gasteiger partial charge in [-0.1, -0.05) is 23.8 Å². The number of halogens is 1. The van der Waals surface area contributed by atoms with E-state index >= 15 is 0 Å². The molecule has 0 aliphatic carbocycles. The molecule has 0 spiro atoms. The Morgan fingerprint density at radius 2 is 2.06 bits per heavy atom. The standard InChI is InChI=1S/C13H19ClN2OS/c1-13(2,16(3)4)8-17-11-7-9(14)5-6-10(11)12(15)18/h5-7H,8H2,1-4H3,(H2,15,18). The largest absolute Gasteiger partial charge is 0.491 e. The van der Waals surface area contributed by atoms with Crippen LogP contribution in [0.25, 0.3) is 0 Å². The monoisotopic (exact) mass is 286 g/mol. The minimum atomic E-state index is -0.0875. The second-order valence-electron chi connectivity index (χ2n) is 5.00. The molecule has 0 unspecified atom stereocenters. The van der Waals surface area contributed by atoms with E-state index in [1.165, 1.54) is 0 Å². The summed E-state index contributed by atoms with van der Waals surface area (Å²) in [4.78, 5) is 2.40. The summed E-state index contributed by atoms with van der Waals surface area (Å²) < 4.78 is 5.81. The van der Waals surface area contributed by atoms with Gasteiger partial charge in [0, 0.05) is 10.6 Å². The predicted octanol–water partition coefficient (Wildman–Crippen LogP) is 2.69. The van der Waals surface area contributed by atoms with E-state index in [9.17, 15) is 0 Å². The third-order valence-corrected chi connectivity index (χ3v) is 3.46. The van der Waals surface area contributed by atoms with Crippen molar-refractivity contribution >= 4 is 28.8 Å². The molecule has 0 aliphatic heterocycles. The Morgan fingerprint density at radius 3 is 2.56 bits per heavy atom. The highest BCUT2D eigenvalue weighted by Gasteiger charge is 2.22. The average Bonchev–Trinajstić information content (AvgIpc) is 2.26. The van der Waals surface area contributed by atoms with Crippen molar-refractivity contribution in [3.8, 4) is 5.75 Å². The van der Waals surface area contributed by atoms with E-state index in [0.717, 1.165) is 0 Å². The fourth-order valence-electron chi connectivity index (χ4n) is 1.20. The highest BCUT2D eigenvalue weighted by Crippen LogP contribution is 2.25. The number of likely N-dealkylation sites (N-methyl/N-ethyl adjacent to an activating group) is 1. The summed E-state index contributed by atoms with van der Waals surface area (Å²) in [5.41, 5.74) is 6.29. The third-order valence-electron chi connectivity index (χ3n) is 3.00. The molecule has 1 aromatic rings. The molecular weight excluding hydrogens is 268 g/mol. The van der Waals surface area contributed by atoms with Crippen molar-refractivity contribution in [1.82, 2.24) is 4.90 Å². The van der Waals surface area contributed by atoms with Gasteiger partial charge in [-0.3, -0.25) is 0 Å². The van der Waals surface area contributed by atoms with Gasteiger partial charge in [0.25, 0.3) is 0 Å². The lowest BCUT2D eigenvalue weighted by molar-refractivity contribution is 0.114. The summed E-state index contributed by atoms with van der Waals surface area (Å²) in [6.45, 7) is 4.71. The molecule has 18 heavy (non-hydrogen) atoms. The fourth-order valence-corrected chi connectivity index (χ4v) is 1.53. The van der Waals surface area contributed by atoms with E-state index in [1.807, 2.05) is 14.1 Å². The van der Waals surface area contributed by atoms with E-state index in [1.54, 1.807) is 18.2 Å². The van der Waals surface area contributed by atoms with Gasteiger partial charge in [-0.25, -0.2) is 0 Å². The van der Waals surface area contributed by atoms with Gasteiger partial charge in [0.2, 0.25) is 0 Å². The molecule has 5 heteroatoms. The molecule has 1 aromatic carbocycles. The molecule has 0 fully saturated rings. The van der Waals surface area contributed by atoms with Crippen LogP contribution in [0.15, 0.2) is 18.2 Å². The first kappa shape index (κ1) is 15.2. The van der Waals surface area contributed by atoms with E-state index in [4.69, 9.17) is 34.3 Å². The Bertz CT molecular complexity index is 447. The first-order valence-corrected chi connectivity index (χ1v) is 6.42. The first-order chi connectivity index (χ1) is 8.24. The van der Waals surface area contributed by atoms with Crippen molar-refractivity contribution in [1.29, 1.82) is 0 Å². The van der Waals surface area contributed by atoms with Crippen LogP contribution in [0.5, 0.6) is 5.75 Å². The topological polar surface area (TPSA) is 38.5 Å². The van der Waals surface area contributed by atoms with Crippen LogP contribution in [-0.2, 0) is 0 Å². The number of rotatable bonds is 5. The third kappa shape index (κ3) is 3.83. The van der Waals surface area contributed by atoms with Gasteiger partial charge in [-0.05, 0) is 46.1 Å². The van der Waals surface area contributed by atoms with Crippen LogP contribution >= 0.6 is 23.8 Å². The lowest BCUT2D eigenvalue weighted by atomic mass is 10.1.